The number of aromatic nitrogens is 3. The van der Waals surface area contributed by atoms with Crippen molar-refractivity contribution in [2.75, 3.05) is 13.1 Å². The molecule has 5 atom stereocenters. The predicted molar refractivity (Wildman–Crippen MR) is 198 cm³/mol. The van der Waals surface area contributed by atoms with Crippen LogP contribution in [0.4, 0.5) is 4.39 Å². The SMILES string of the molecule is Cc1nc2c(F)c(-c3cccc(Cl)c3Cl)c(CCC#N)cc2c2c1cc([C@H]1C[C@H](Oc3ccc(=O)n(C)c3)CN1C(=O)C1CC1)n2[C@H]1[C@H]2CN[C@@H]1C2. The summed E-state index contributed by atoms with van der Waals surface area (Å²) >= 11 is 13.1. The van der Waals surface area contributed by atoms with Crippen molar-refractivity contribution in [1.82, 2.24) is 24.3 Å². The van der Waals surface area contributed by atoms with Crippen molar-refractivity contribution >= 4 is 50.9 Å². The Balaban J connectivity index is 1.25. The zero-order valence-electron chi connectivity index (χ0n) is 28.8. The van der Waals surface area contributed by atoms with Crippen LogP contribution in [-0.2, 0) is 18.3 Å². The number of halogens is 3. The number of pyridine rings is 2. The molecule has 5 fully saturated rings. The third-order valence-electron chi connectivity index (χ3n) is 11.6. The standard InChI is InChI=1S/C40H37Cl2FN6O3/c1-20-27-16-32(31-15-25(19-48(31)40(51)21-8-9-21)52-24-10-11-33(50)47(2)18-24)49(38-23-14-30(38)45-17-23)39(27)28-13-22(5-4-12-44)34(36(43)37(28)46-20)26-6-3-7-29(41)35(26)42/h3,6-7,10-11,13,16,18,21,23,25,30-31,38,45H,4-5,8-9,14-15,17,19H2,1-2H3/t23-,25+,30-,31-,38+/m1/s1. The van der Waals surface area contributed by atoms with E-state index < -0.39 is 5.82 Å². The molecule has 0 spiro atoms. The monoisotopic (exact) mass is 738 g/mol. The minimum atomic E-state index is -0.499. The fourth-order valence-corrected chi connectivity index (χ4v) is 9.30. The molecular formula is C40H37Cl2FN6O3. The van der Waals surface area contributed by atoms with E-state index in [4.69, 9.17) is 32.9 Å². The molecular weight excluding hydrogens is 702 g/mol. The molecule has 3 saturated heterocycles. The molecule has 10 rings (SSSR count). The number of rotatable bonds is 8. The molecule has 266 valence electrons. The Morgan fingerprint density at radius 2 is 1.98 bits per heavy atom. The van der Waals surface area contributed by atoms with Gasteiger partial charge in [-0.2, -0.15) is 5.26 Å². The van der Waals surface area contributed by atoms with Gasteiger partial charge in [0.15, 0.2) is 5.82 Å². The fraction of sp³-hybridized carbons (Fsp3) is 0.400. The van der Waals surface area contributed by atoms with Gasteiger partial charge in [0.25, 0.3) is 0 Å². The smallest absolute Gasteiger partial charge is 0.250 e. The second-order valence-corrected chi connectivity index (χ2v) is 15.6. The largest absolute Gasteiger partial charge is 0.487 e. The highest BCUT2D eigenvalue weighted by atomic mass is 35.5. The molecule has 2 aromatic carbocycles. The van der Waals surface area contributed by atoms with Gasteiger partial charge in [0.2, 0.25) is 11.5 Å². The molecule has 3 aromatic heterocycles. The number of aryl methyl sites for hydroxylation is 3. The molecule has 9 nitrogen and oxygen atoms in total. The Morgan fingerprint density at radius 3 is 2.69 bits per heavy atom. The highest BCUT2D eigenvalue weighted by Gasteiger charge is 2.51. The normalized spacial score (nSPS) is 23.7. The number of carbonyl (C=O) groups is 1. The quantitative estimate of drug-likeness (QED) is 0.178. The van der Waals surface area contributed by atoms with Gasteiger partial charge in [0.05, 0.1) is 40.3 Å². The van der Waals surface area contributed by atoms with Crippen LogP contribution in [0.3, 0.4) is 0 Å². The van der Waals surface area contributed by atoms with Crippen LogP contribution < -0.4 is 15.6 Å². The van der Waals surface area contributed by atoms with E-state index in [2.05, 4.69) is 22.0 Å². The van der Waals surface area contributed by atoms with Crippen LogP contribution in [0.2, 0.25) is 10.0 Å². The first-order chi connectivity index (χ1) is 25.1. The van der Waals surface area contributed by atoms with Gasteiger partial charge in [-0.3, -0.25) is 9.59 Å². The molecule has 2 bridgehead atoms. The minimum Gasteiger partial charge on any atom is -0.487 e. The maximum atomic E-state index is 17.2. The number of hydrogen-bond acceptors (Lipinski definition) is 6. The minimum absolute atomic E-state index is 0.0101. The molecule has 6 heterocycles. The van der Waals surface area contributed by atoms with Gasteiger partial charge < -0.3 is 24.1 Å². The van der Waals surface area contributed by atoms with Crippen molar-refractivity contribution in [3.05, 3.63) is 91.8 Å². The van der Waals surface area contributed by atoms with Crippen molar-refractivity contribution in [3.8, 4) is 22.9 Å². The van der Waals surface area contributed by atoms with E-state index in [9.17, 15) is 14.9 Å². The van der Waals surface area contributed by atoms with Gasteiger partial charge in [-0.15, -0.1) is 0 Å². The van der Waals surface area contributed by atoms with E-state index in [0.29, 0.717) is 63.8 Å². The van der Waals surface area contributed by atoms with Gasteiger partial charge in [-0.05, 0) is 68.4 Å². The third-order valence-corrected chi connectivity index (χ3v) is 12.4. The Morgan fingerprint density at radius 1 is 1.15 bits per heavy atom. The van der Waals surface area contributed by atoms with E-state index in [-0.39, 0.29) is 58.6 Å². The van der Waals surface area contributed by atoms with Crippen LogP contribution in [0, 0.1) is 35.9 Å². The van der Waals surface area contributed by atoms with Crippen LogP contribution >= 0.6 is 23.2 Å². The summed E-state index contributed by atoms with van der Waals surface area (Å²) in [4.78, 5) is 33.0. The molecule has 12 heteroatoms. The second-order valence-electron chi connectivity index (χ2n) is 14.9. The molecule has 1 amide bonds. The maximum Gasteiger partial charge on any atom is 0.250 e. The van der Waals surface area contributed by atoms with Crippen LogP contribution in [0.25, 0.3) is 32.9 Å². The molecule has 5 aliphatic rings. The van der Waals surface area contributed by atoms with Crippen molar-refractivity contribution in [1.29, 1.82) is 5.26 Å². The van der Waals surface area contributed by atoms with Crippen molar-refractivity contribution in [3.63, 3.8) is 0 Å². The fourth-order valence-electron chi connectivity index (χ4n) is 8.90. The second kappa shape index (κ2) is 12.6. The van der Waals surface area contributed by atoms with Crippen LogP contribution in [0.15, 0.2) is 53.5 Å². The molecule has 0 radical (unpaired) electrons. The average molecular weight is 740 g/mol. The molecule has 2 aliphatic carbocycles. The van der Waals surface area contributed by atoms with E-state index in [1.807, 2.05) is 17.9 Å². The summed E-state index contributed by atoms with van der Waals surface area (Å²) in [6.07, 6.45) is 5.29. The lowest BCUT2D eigenvalue weighted by Gasteiger charge is -2.39. The summed E-state index contributed by atoms with van der Waals surface area (Å²) in [5.41, 5.74) is 4.11. The van der Waals surface area contributed by atoms with Crippen LogP contribution in [-0.4, -0.2) is 50.2 Å². The summed E-state index contributed by atoms with van der Waals surface area (Å²) in [6, 6.07) is 14.8. The number of nitrogens with zero attached hydrogens (tertiary/aromatic N) is 5. The lowest BCUT2D eigenvalue weighted by molar-refractivity contribution is -0.133. The number of benzene rings is 2. The van der Waals surface area contributed by atoms with Crippen molar-refractivity contribution in [2.24, 2.45) is 18.9 Å². The number of amides is 1. The number of nitriles is 1. The van der Waals surface area contributed by atoms with E-state index >= 15 is 4.39 Å². The molecule has 3 aliphatic heterocycles. The summed E-state index contributed by atoms with van der Waals surface area (Å²) < 4.78 is 27.5. The Bertz CT molecular complexity index is 2400. The summed E-state index contributed by atoms with van der Waals surface area (Å²) in [6.45, 7) is 3.23. The molecule has 2 saturated carbocycles. The number of nitrogens with one attached hydrogen (secondary N) is 1. The zero-order valence-corrected chi connectivity index (χ0v) is 30.3. The van der Waals surface area contributed by atoms with Gasteiger partial charge >= 0.3 is 0 Å². The topological polar surface area (TPSA) is 105 Å². The van der Waals surface area contributed by atoms with Gasteiger partial charge in [-0.25, -0.2) is 9.37 Å². The van der Waals surface area contributed by atoms with E-state index in [0.717, 1.165) is 42.4 Å². The maximum absolute atomic E-state index is 17.2. The van der Waals surface area contributed by atoms with E-state index in [1.165, 1.54) is 10.6 Å². The first kappa shape index (κ1) is 33.4. The van der Waals surface area contributed by atoms with Gasteiger partial charge in [0, 0.05) is 83.9 Å². The number of fused-ring (bicyclic) bond motifs is 4. The van der Waals surface area contributed by atoms with Crippen LogP contribution in [0.1, 0.15) is 61.1 Å². The Kier molecular flexibility index (Phi) is 8.10. The van der Waals surface area contributed by atoms with Gasteiger partial charge in [-0.1, -0.05) is 35.3 Å². The Labute approximate surface area is 309 Å². The zero-order chi connectivity index (χ0) is 36.0. The molecule has 0 unspecified atom stereocenters. The average Bonchev–Trinajstić information content (AvgIpc) is 3.41. The summed E-state index contributed by atoms with van der Waals surface area (Å²) in [7, 11) is 1.69. The highest BCUT2D eigenvalue weighted by Crippen LogP contribution is 2.51. The molecule has 52 heavy (non-hydrogen) atoms. The van der Waals surface area contributed by atoms with E-state index in [1.54, 1.807) is 37.5 Å². The number of ether oxygens (including phenoxy) is 1. The lowest BCUT2D eigenvalue weighted by Crippen LogP contribution is -2.41. The first-order valence-electron chi connectivity index (χ1n) is 18.0. The number of hydrogen-bond donors (Lipinski definition) is 1. The summed E-state index contributed by atoms with van der Waals surface area (Å²) in [5.74, 6) is 0.615. The van der Waals surface area contributed by atoms with Crippen molar-refractivity contribution in [2.45, 2.75) is 69.7 Å². The van der Waals surface area contributed by atoms with Crippen molar-refractivity contribution < 1.29 is 13.9 Å². The molecule has 5 aromatic rings. The highest BCUT2D eigenvalue weighted by molar-refractivity contribution is 6.43. The Hall–Kier alpha value is -4.43. The lowest BCUT2D eigenvalue weighted by atomic mass is 9.79. The summed E-state index contributed by atoms with van der Waals surface area (Å²) in [5, 5.41) is 15.4. The number of likely N-dealkylation sites (tertiary alicyclic amines) is 1. The number of carbonyl (C=O) groups excluding carboxylic acids is 1. The van der Waals surface area contributed by atoms with Crippen LogP contribution in [0.5, 0.6) is 5.75 Å². The first-order valence-corrected chi connectivity index (χ1v) is 18.7. The third kappa shape index (κ3) is 5.31. The molecule has 1 N–H and O–H groups in total. The predicted octanol–water partition coefficient (Wildman–Crippen LogP) is 7.43. The van der Waals surface area contributed by atoms with Gasteiger partial charge in [0.1, 0.15) is 17.4 Å².